The molecule has 2 N–H and O–H groups in total. The predicted molar refractivity (Wildman–Crippen MR) is 183 cm³/mol. The van der Waals surface area contributed by atoms with E-state index in [1.165, 1.54) is 9.80 Å². The van der Waals surface area contributed by atoms with Crippen LogP contribution in [0.2, 0.25) is 0 Å². The lowest BCUT2D eigenvalue weighted by molar-refractivity contribution is -0.131. The van der Waals surface area contributed by atoms with Gasteiger partial charge in [0.25, 0.3) is 0 Å². The number of amides is 4. The third kappa shape index (κ3) is 4.28. The van der Waals surface area contributed by atoms with Crippen LogP contribution in [-0.2, 0) is 19.2 Å². The number of fused-ring (bicyclic) bond motifs is 4. The summed E-state index contributed by atoms with van der Waals surface area (Å²) in [7, 11) is 0. The maximum Gasteiger partial charge on any atom is 0.241 e. The number of hydrogen-bond donors (Lipinski definition) is 2. The van der Waals surface area contributed by atoms with Crippen LogP contribution in [0.25, 0.3) is 0 Å². The summed E-state index contributed by atoms with van der Waals surface area (Å²) < 4.78 is 0. The number of phenolic OH excluding ortho intramolecular Hbond substituents is 1. The smallest absolute Gasteiger partial charge is 0.241 e. The molecule has 4 aromatic rings. The molecule has 3 fully saturated rings. The minimum atomic E-state index is -1.21. The van der Waals surface area contributed by atoms with Crippen LogP contribution >= 0.6 is 0 Å². The molecule has 8 nitrogen and oxygen atoms in total. The van der Waals surface area contributed by atoms with Gasteiger partial charge in [0, 0.05) is 22.9 Å². The van der Waals surface area contributed by atoms with Crippen molar-refractivity contribution in [1.29, 1.82) is 0 Å². The van der Waals surface area contributed by atoms with E-state index < -0.39 is 35.0 Å². The number of para-hydroxylation sites is 3. The Morgan fingerprint density at radius 3 is 2.06 bits per heavy atom. The number of anilines is 4. The van der Waals surface area contributed by atoms with Crippen LogP contribution in [0, 0.1) is 36.0 Å². The van der Waals surface area contributed by atoms with E-state index in [1.54, 1.807) is 49.4 Å². The van der Waals surface area contributed by atoms with Gasteiger partial charge in [0.05, 0.1) is 34.5 Å². The number of imide groups is 2. The second kappa shape index (κ2) is 11.0. The molecule has 0 radical (unpaired) electrons. The Morgan fingerprint density at radius 2 is 1.35 bits per heavy atom. The predicted octanol–water partition coefficient (Wildman–Crippen LogP) is 6.88. The summed E-state index contributed by atoms with van der Waals surface area (Å²) in [5.74, 6) is -4.26. The van der Waals surface area contributed by atoms with Crippen molar-refractivity contribution in [3.63, 3.8) is 0 Å². The van der Waals surface area contributed by atoms with Crippen molar-refractivity contribution >= 4 is 46.4 Å². The zero-order chi connectivity index (χ0) is 33.3. The molecule has 0 aromatic heterocycles. The number of hydrogen-bond acceptors (Lipinski definition) is 6. The molecule has 2 aliphatic heterocycles. The lowest BCUT2D eigenvalue weighted by Crippen LogP contribution is -2.49. The summed E-state index contributed by atoms with van der Waals surface area (Å²) >= 11 is 0. The third-order valence-electron chi connectivity index (χ3n) is 11.1. The summed E-state index contributed by atoms with van der Waals surface area (Å²) in [6.07, 6.45) is 2.59. The fourth-order valence-corrected chi connectivity index (χ4v) is 8.73. The second-order valence-electron chi connectivity index (χ2n) is 13.6. The number of carbonyl (C=O) groups excluding carboxylic acids is 4. The van der Waals surface area contributed by atoms with Crippen molar-refractivity contribution in [2.75, 3.05) is 15.1 Å². The molecule has 240 valence electrons. The first-order valence-electron chi connectivity index (χ1n) is 16.4. The maximum atomic E-state index is 14.5. The highest BCUT2D eigenvalue weighted by Gasteiger charge is 2.68. The molecule has 0 spiro atoms. The van der Waals surface area contributed by atoms with Crippen molar-refractivity contribution in [1.82, 2.24) is 0 Å². The first-order chi connectivity index (χ1) is 23.2. The number of carbonyl (C=O) groups is 4. The van der Waals surface area contributed by atoms with Gasteiger partial charge in [-0.25, -0.2) is 4.90 Å². The molecule has 4 aromatic carbocycles. The van der Waals surface area contributed by atoms with E-state index in [2.05, 4.69) is 5.32 Å². The Hall–Kier alpha value is -5.50. The standard InChI is InChI=1S/C40H35N3O5/c1-23-10-9-15-30(35(23)44)34-28-20-21-29-33(31(28)22-32-37(46)43(39(48)40(32,34)2)26-13-7-4-8-14-26)38(47)42(36(29)45)27-18-16-25(17-19-27)41-24-11-5-3-6-12-24/h3-20,29,31-34,41,44H,21-22H2,1-2H3. The van der Waals surface area contributed by atoms with E-state index in [0.29, 0.717) is 28.9 Å². The minimum absolute atomic E-state index is 0.0733. The highest BCUT2D eigenvalue weighted by molar-refractivity contribution is 6.25. The summed E-state index contributed by atoms with van der Waals surface area (Å²) in [4.78, 5) is 59.8. The third-order valence-corrected chi connectivity index (χ3v) is 11.1. The Labute approximate surface area is 278 Å². The zero-order valence-corrected chi connectivity index (χ0v) is 26.7. The van der Waals surface area contributed by atoms with E-state index in [4.69, 9.17) is 0 Å². The number of nitrogens with one attached hydrogen (secondary N) is 1. The molecular formula is C40H35N3O5. The number of aryl methyl sites for hydroxylation is 1. The average molecular weight is 638 g/mol. The highest BCUT2D eigenvalue weighted by Crippen LogP contribution is 2.64. The van der Waals surface area contributed by atoms with Gasteiger partial charge in [0.2, 0.25) is 23.6 Å². The lowest BCUT2D eigenvalue weighted by Gasteiger charge is -2.49. The number of nitrogens with zero attached hydrogens (tertiary/aromatic N) is 2. The summed E-state index contributed by atoms with van der Waals surface area (Å²) in [5, 5.41) is 14.8. The van der Waals surface area contributed by atoms with Crippen LogP contribution in [0.5, 0.6) is 5.75 Å². The summed E-state index contributed by atoms with van der Waals surface area (Å²) in [6.45, 7) is 3.63. The van der Waals surface area contributed by atoms with Crippen LogP contribution in [0.1, 0.15) is 36.8 Å². The zero-order valence-electron chi connectivity index (χ0n) is 26.7. The fraction of sp³-hybridized carbons (Fsp3) is 0.250. The second-order valence-corrected chi connectivity index (χ2v) is 13.6. The first kappa shape index (κ1) is 29.9. The topological polar surface area (TPSA) is 107 Å². The maximum absolute atomic E-state index is 14.5. The van der Waals surface area contributed by atoms with Crippen molar-refractivity contribution in [3.8, 4) is 5.75 Å². The fourth-order valence-electron chi connectivity index (χ4n) is 8.73. The van der Waals surface area contributed by atoms with Crippen LogP contribution < -0.4 is 15.1 Å². The van der Waals surface area contributed by atoms with Crippen LogP contribution in [-0.4, -0.2) is 28.7 Å². The van der Waals surface area contributed by atoms with Crippen molar-refractivity contribution in [2.45, 2.75) is 32.6 Å². The molecule has 6 unspecified atom stereocenters. The van der Waals surface area contributed by atoms with Gasteiger partial charge in [-0.05, 0) is 86.7 Å². The molecule has 48 heavy (non-hydrogen) atoms. The van der Waals surface area contributed by atoms with Crippen molar-refractivity contribution < 1.29 is 24.3 Å². The van der Waals surface area contributed by atoms with Gasteiger partial charge in [-0.3, -0.25) is 24.1 Å². The monoisotopic (exact) mass is 637 g/mol. The van der Waals surface area contributed by atoms with Gasteiger partial charge in [0.15, 0.2) is 0 Å². The number of aromatic hydroxyl groups is 1. The summed E-state index contributed by atoms with van der Waals surface area (Å²) in [6, 6.07) is 31.3. The lowest BCUT2D eigenvalue weighted by atomic mass is 9.51. The van der Waals surface area contributed by atoms with Crippen molar-refractivity contribution in [3.05, 3.63) is 126 Å². The molecule has 2 aliphatic carbocycles. The molecule has 6 atom stereocenters. The van der Waals surface area contributed by atoms with Gasteiger partial charge < -0.3 is 10.4 Å². The van der Waals surface area contributed by atoms with Crippen LogP contribution in [0.4, 0.5) is 22.7 Å². The molecule has 4 amide bonds. The van der Waals surface area contributed by atoms with E-state index in [0.717, 1.165) is 16.9 Å². The Balaban J connectivity index is 1.18. The van der Waals surface area contributed by atoms with E-state index >= 15 is 0 Å². The molecule has 8 rings (SSSR count). The van der Waals surface area contributed by atoms with Gasteiger partial charge in [-0.1, -0.05) is 66.2 Å². The molecule has 1 saturated carbocycles. The number of rotatable bonds is 5. The quantitative estimate of drug-likeness (QED) is 0.183. The molecule has 8 heteroatoms. The average Bonchev–Trinajstić information content (AvgIpc) is 3.47. The highest BCUT2D eigenvalue weighted by atomic mass is 16.3. The van der Waals surface area contributed by atoms with Gasteiger partial charge >= 0.3 is 0 Å². The largest absolute Gasteiger partial charge is 0.507 e. The van der Waals surface area contributed by atoms with Crippen LogP contribution in [0.3, 0.4) is 0 Å². The Morgan fingerprint density at radius 1 is 0.708 bits per heavy atom. The Bertz CT molecular complexity index is 2010. The van der Waals surface area contributed by atoms with Crippen molar-refractivity contribution in [2.24, 2.45) is 29.1 Å². The van der Waals surface area contributed by atoms with E-state index in [-0.39, 0.29) is 35.8 Å². The number of allylic oxidation sites excluding steroid dienone is 2. The Kier molecular flexibility index (Phi) is 6.87. The summed E-state index contributed by atoms with van der Waals surface area (Å²) in [5.41, 5.74) is 3.59. The molecule has 4 aliphatic rings. The molecule has 2 saturated heterocycles. The first-order valence-corrected chi connectivity index (χ1v) is 16.4. The number of phenols is 1. The molecule has 0 bridgehead atoms. The van der Waals surface area contributed by atoms with E-state index in [1.807, 2.05) is 73.7 Å². The SMILES string of the molecule is Cc1cccc(C2C3=CCC4C(=O)N(c5ccc(Nc6ccccc6)cc5)C(=O)C4C3CC3C(=O)N(c4ccccc4)C(=O)C32C)c1O. The van der Waals surface area contributed by atoms with Gasteiger partial charge in [-0.2, -0.15) is 0 Å². The van der Waals surface area contributed by atoms with Gasteiger partial charge in [0.1, 0.15) is 5.75 Å². The van der Waals surface area contributed by atoms with Crippen LogP contribution in [0.15, 0.2) is 115 Å². The number of benzene rings is 4. The minimum Gasteiger partial charge on any atom is -0.507 e. The molecular weight excluding hydrogens is 602 g/mol. The van der Waals surface area contributed by atoms with Gasteiger partial charge in [-0.15, -0.1) is 0 Å². The molecule has 2 heterocycles. The van der Waals surface area contributed by atoms with E-state index in [9.17, 15) is 24.3 Å². The normalized spacial score (nSPS) is 27.8.